The van der Waals surface area contributed by atoms with Crippen molar-refractivity contribution >= 4 is 29.9 Å². The maximum atomic E-state index is 13.6. The third-order valence-corrected chi connectivity index (χ3v) is 2.86. The smallest absolute Gasteiger partial charge is 0.192 e. The first-order chi connectivity index (χ1) is 10.2. The quantitative estimate of drug-likeness (QED) is 0.340. The Morgan fingerprint density at radius 2 is 2.27 bits per heavy atom. The monoisotopic (exact) mass is 419 g/mol. The van der Waals surface area contributed by atoms with E-state index in [0.29, 0.717) is 49.1 Å². The Balaban J connectivity index is 0.00000242. The van der Waals surface area contributed by atoms with Gasteiger partial charge < -0.3 is 20.1 Å². The second-order valence-electron chi connectivity index (χ2n) is 4.42. The van der Waals surface area contributed by atoms with Gasteiger partial charge in [0.1, 0.15) is 11.6 Å². The zero-order chi connectivity index (χ0) is 15.1. The summed E-state index contributed by atoms with van der Waals surface area (Å²) in [6, 6.07) is 2.85. The van der Waals surface area contributed by atoms with Crippen LogP contribution in [0.25, 0.3) is 0 Å². The van der Waals surface area contributed by atoms with E-state index in [-0.39, 0.29) is 36.6 Å². The second kappa shape index (κ2) is 9.48. The molecule has 1 aliphatic heterocycles. The van der Waals surface area contributed by atoms with Gasteiger partial charge in [-0.05, 0) is 19.1 Å². The molecular weight excluding hydrogens is 400 g/mol. The van der Waals surface area contributed by atoms with Gasteiger partial charge in [-0.15, -0.1) is 30.4 Å². The summed E-state index contributed by atoms with van der Waals surface area (Å²) in [7, 11) is 0. The molecule has 0 saturated carbocycles. The van der Waals surface area contributed by atoms with Crippen LogP contribution in [-0.2, 0) is 17.9 Å². The molecule has 1 aliphatic rings. The van der Waals surface area contributed by atoms with Gasteiger partial charge in [0.2, 0.25) is 0 Å². The average Bonchev–Trinajstić information content (AvgIpc) is 2.49. The molecule has 2 rings (SSSR count). The lowest BCUT2D eigenvalue weighted by molar-refractivity contribution is -0.0172. The summed E-state index contributed by atoms with van der Waals surface area (Å²) in [6.07, 6.45) is 5.21. The number of nitrogens with one attached hydrogen (secondary N) is 2. The van der Waals surface area contributed by atoms with Crippen LogP contribution in [0.1, 0.15) is 18.1 Å². The van der Waals surface area contributed by atoms with Crippen molar-refractivity contribution in [3.8, 4) is 18.1 Å². The first-order valence-corrected chi connectivity index (χ1v) is 6.72. The van der Waals surface area contributed by atoms with Crippen molar-refractivity contribution in [2.24, 2.45) is 4.99 Å². The number of rotatable bonds is 4. The first-order valence-electron chi connectivity index (χ1n) is 6.72. The SMILES string of the molecule is C#CCNC(=NCc1cc(F)cc2c1OCOC2)NCC.I. The number of halogens is 2. The molecule has 0 aromatic heterocycles. The molecule has 0 amide bonds. The standard InChI is InChI=1S/C15H18FN3O2.HI/c1-3-5-18-15(17-4-2)19-8-11-6-13(16)7-12-9-20-10-21-14(11)12;/h1,6-7H,4-5,8-10H2,2H3,(H2,17,18,19);1H. The van der Waals surface area contributed by atoms with Gasteiger partial charge in [-0.1, -0.05) is 5.92 Å². The highest BCUT2D eigenvalue weighted by Gasteiger charge is 2.16. The highest BCUT2D eigenvalue weighted by Crippen LogP contribution is 2.29. The van der Waals surface area contributed by atoms with Crippen LogP contribution in [0.5, 0.6) is 5.75 Å². The summed E-state index contributed by atoms with van der Waals surface area (Å²) in [6.45, 7) is 3.85. The number of fused-ring (bicyclic) bond motifs is 1. The van der Waals surface area contributed by atoms with Crippen molar-refractivity contribution in [1.29, 1.82) is 0 Å². The van der Waals surface area contributed by atoms with Crippen molar-refractivity contribution in [3.63, 3.8) is 0 Å². The molecule has 0 spiro atoms. The summed E-state index contributed by atoms with van der Waals surface area (Å²) < 4.78 is 24.2. The van der Waals surface area contributed by atoms with E-state index >= 15 is 0 Å². The largest absolute Gasteiger partial charge is 0.467 e. The zero-order valence-electron chi connectivity index (χ0n) is 12.3. The minimum absolute atomic E-state index is 0. The summed E-state index contributed by atoms with van der Waals surface area (Å²) in [4.78, 5) is 4.38. The van der Waals surface area contributed by atoms with Gasteiger partial charge in [0.25, 0.3) is 0 Å². The maximum Gasteiger partial charge on any atom is 0.192 e. The molecule has 0 fully saturated rings. The molecule has 7 heteroatoms. The van der Waals surface area contributed by atoms with Crippen molar-refractivity contribution in [1.82, 2.24) is 10.6 Å². The van der Waals surface area contributed by atoms with Crippen LogP contribution >= 0.6 is 24.0 Å². The fourth-order valence-electron chi connectivity index (χ4n) is 2.01. The van der Waals surface area contributed by atoms with Gasteiger partial charge in [0, 0.05) is 17.7 Å². The number of guanidine groups is 1. The normalized spacial score (nSPS) is 13.2. The molecule has 0 saturated heterocycles. The van der Waals surface area contributed by atoms with Crippen LogP contribution in [0.4, 0.5) is 4.39 Å². The number of nitrogens with zero attached hydrogens (tertiary/aromatic N) is 1. The predicted octanol–water partition coefficient (Wildman–Crippen LogP) is 2.00. The van der Waals surface area contributed by atoms with Crippen LogP contribution in [0.3, 0.4) is 0 Å². The van der Waals surface area contributed by atoms with Crippen molar-refractivity contribution in [2.75, 3.05) is 19.9 Å². The maximum absolute atomic E-state index is 13.6. The van der Waals surface area contributed by atoms with E-state index in [2.05, 4.69) is 21.5 Å². The lowest BCUT2D eigenvalue weighted by Gasteiger charge is -2.20. The van der Waals surface area contributed by atoms with Crippen LogP contribution in [0.2, 0.25) is 0 Å². The van der Waals surface area contributed by atoms with E-state index in [1.807, 2.05) is 6.92 Å². The van der Waals surface area contributed by atoms with Crippen molar-refractivity contribution in [2.45, 2.75) is 20.1 Å². The molecule has 2 N–H and O–H groups in total. The summed E-state index contributed by atoms with van der Waals surface area (Å²) in [5, 5.41) is 6.05. The van der Waals surface area contributed by atoms with Gasteiger partial charge >= 0.3 is 0 Å². The molecule has 1 aromatic rings. The molecule has 1 heterocycles. The Hall–Kier alpha value is -1.53. The van der Waals surface area contributed by atoms with Crippen LogP contribution in [-0.4, -0.2) is 25.8 Å². The molecule has 0 aliphatic carbocycles. The van der Waals surface area contributed by atoms with Crippen molar-refractivity contribution in [3.05, 3.63) is 29.1 Å². The lowest BCUT2D eigenvalue weighted by Crippen LogP contribution is -2.37. The van der Waals surface area contributed by atoms with Crippen LogP contribution < -0.4 is 15.4 Å². The molecule has 22 heavy (non-hydrogen) atoms. The molecule has 1 aromatic carbocycles. The number of terminal acetylenes is 1. The van der Waals surface area contributed by atoms with Gasteiger partial charge in [0.05, 0.1) is 19.7 Å². The van der Waals surface area contributed by atoms with E-state index < -0.39 is 0 Å². The van der Waals surface area contributed by atoms with Crippen molar-refractivity contribution < 1.29 is 13.9 Å². The molecule has 0 atom stereocenters. The van der Waals surface area contributed by atoms with E-state index in [9.17, 15) is 4.39 Å². The molecule has 0 unspecified atom stereocenters. The van der Waals surface area contributed by atoms with Gasteiger partial charge in [-0.2, -0.15) is 0 Å². The fourth-order valence-corrected chi connectivity index (χ4v) is 2.01. The Morgan fingerprint density at radius 3 is 3.00 bits per heavy atom. The Kier molecular flexibility index (Phi) is 7.98. The van der Waals surface area contributed by atoms with E-state index in [4.69, 9.17) is 15.9 Å². The number of aliphatic imine (C=N–C) groups is 1. The lowest BCUT2D eigenvalue weighted by atomic mass is 10.1. The topological polar surface area (TPSA) is 54.9 Å². The zero-order valence-corrected chi connectivity index (χ0v) is 14.6. The molecule has 5 nitrogen and oxygen atoms in total. The number of ether oxygens (including phenoxy) is 2. The fraction of sp³-hybridized carbons (Fsp3) is 0.400. The number of hydrogen-bond donors (Lipinski definition) is 2. The average molecular weight is 419 g/mol. The minimum atomic E-state index is -0.324. The highest BCUT2D eigenvalue weighted by atomic mass is 127. The summed E-state index contributed by atoms with van der Waals surface area (Å²) in [5.74, 6) is 3.39. The first kappa shape index (κ1) is 18.5. The number of hydrogen-bond acceptors (Lipinski definition) is 3. The Morgan fingerprint density at radius 1 is 1.45 bits per heavy atom. The van der Waals surface area contributed by atoms with E-state index in [1.54, 1.807) is 0 Å². The van der Waals surface area contributed by atoms with Gasteiger partial charge in [-0.25, -0.2) is 9.38 Å². The third-order valence-electron chi connectivity index (χ3n) is 2.86. The molecular formula is C15H19FIN3O2. The molecule has 120 valence electrons. The van der Waals surface area contributed by atoms with Gasteiger partial charge in [0.15, 0.2) is 12.8 Å². The van der Waals surface area contributed by atoms with E-state index in [0.717, 1.165) is 0 Å². The summed E-state index contributed by atoms with van der Waals surface area (Å²) >= 11 is 0. The highest BCUT2D eigenvalue weighted by molar-refractivity contribution is 14.0. The van der Waals surface area contributed by atoms with E-state index in [1.165, 1.54) is 12.1 Å². The Bertz CT molecular complexity index is 573. The van der Waals surface area contributed by atoms with Crippen LogP contribution in [0.15, 0.2) is 17.1 Å². The second-order valence-corrected chi connectivity index (χ2v) is 4.42. The summed E-state index contributed by atoms with van der Waals surface area (Å²) in [5.41, 5.74) is 1.39. The number of benzene rings is 1. The molecule has 0 bridgehead atoms. The third kappa shape index (κ3) is 5.03. The molecule has 0 radical (unpaired) electrons. The predicted molar refractivity (Wildman–Crippen MR) is 93.8 cm³/mol. The van der Waals surface area contributed by atoms with Gasteiger partial charge in [-0.3, -0.25) is 0 Å². The van der Waals surface area contributed by atoms with Crippen LogP contribution in [0, 0.1) is 18.2 Å². The Labute approximate surface area is 146 Å². The minimum Gasteiger partial charge on any atom is -0.467 e.